The van der Waals surface area contributed by atoms with Crippen LogP contribution in [0.15, 0.2) is 24.3 Å². The van der Waals surface area contributed by atoms with E-state index in [1.807, 2.05) is 0 Å². The number of hydrogen-bond donors (Lipinski definition) is 1. The molecule has 8 nitrogen and oxygen atoms in total. The lowest BCUT2D eigenvalue weighted by Crippen LogP contribution is -2.21. The van der Waals surface area contributed by atoms with Crippen LogP contribution in [0.5, 0.6) is 11.5 Å². The monoisotopic (exact) mass is 501 g/mol. The van der Waals surface area contributed by atoms with Crippen molar-refractivity contribution in [2.75, 3.05) is 26.1 Å². The normalized spacial score (nSPS) is 13.9. The van der Waals surface area contributed by atoms with Crippen LogP contribution in [0.25, 0.3) is 6.08 Å². The van der Waals surface area contributed by atoms with Crippen molar-refractivity contribution in [2.24, 2.45) is 0 Å². The van der Waals surface area contributed by atoms with E-state index in [1.54, 1.807) is 45.2 Å². The zero-order valence-corrected chi connectivity index (χ0v) is 21.3. The van der Waals surface area contributed by atoms with Crippen LogP contribution in [0.4, 0.5) is 5.00 Å². The average Bonchev–Trinajstić information content (AvgIpc) is 3.18. The fraction of sp³-hybridized carbons (Fsp3) is 0.423. The molecule has 0 spiro atoms. The summed E-state index contributed by atoms with van der Waals surface area (Å²) in [4.78, 5) is 38.6. The van der Waals surface area contributed by atoms with Crippen molar-refractivity contribution in [1.29, 1.82) is 0 Å². The lowest BCUT2D eigenvalue weighted by Gasteiger charge is -2.21. The standard InChI is InChI=1S/C26H31NO7S/c1-5-33-25(29)22-16(2)23(26(30)34-18-9-7-6-8-10-18)35-24(22)27-21(28)14-11-17-15-19(31-3)12-13-20(17)32-4/h11-15,18H,5-10H2,1-4H3,(H,27,28)/b14-11+. The van der Waals surface area contributed by atoms with Gasteiger partial charge < -0.3 is 24.3 Å². The van der Waals surface area contributed by atoms with E-state index in [1.165, 1.54) is 13.2 Å². The van der Waals surface area contributed by atoms with Gasteiger partial charge in [-0.1, -0.05) is 6.42 Å². The van der Waals surface area contributed by atoms with E-state index in [9.17, 15) is 14.4 Å². The molecular weight excluding hydrogens is 470 g/mol. The molecule has 0 radical (unpaired) electrons. The smallest absolute Gasteiger partial charge is 0.348 e. The number of benzene rings is 1. The number of hydrogen-bond acceptors (Lipinski definition) is 8. The maximum atomic E-state index is 12.9. The minimum Gasteiger partial charge on any atom is -0.497 e. The van der Waals surface area contributed by atoms with E-state index in [0.717, 1.165) is 43.4 Å². The first-order valence-electron chi connectivity index (χ1n) is 11.6. The minimum atomic E-state index is -0.605. The molecule has 1 saturated carbocycles. The number of amides is 1. The molecule has 0 atom stereocenters. The van der Waals surface area contributed by atoms with E-state index in [-0.39, 0.29) is 28.2 Å². The second-order valence-electron chi connectivity index (χ2n) is 8.08. The summed E-state index contributed by atoms with van der Waals surface area (Å²) in [5.41, 5.74) is 1.24. The zero-order valence-electron chi connectivity index (χ0n) is 20.5. The van der Waals surface area contributed by atoms with Gasteiger partial charge in [0.2, 0.25) is 5.91 Å². The molecule has 0 unspecified atom stereocenters. The number of nitrogens with one attached hydrogen (secondary N) is 1. The molecule has 35 heavy (non-hydrogen) atoms. The second-order valence-corrected chi connectivity index (χ2v) is 9.10. The Morgan fingerprint density at radius 1 is 1.09 bits per heavy atom. The summed E-state index contributed by atoms with van der Waals surface area (Å²) < 4.78 is 21.4. The van der Waals surface area contributed by atoms with Crippen molar-refractivity contribution in [3.05, 3.63) is 45.8 Å². The number of thiophene rings is 1. The van der Waals surface area contributed by atoms with Crippen molar-refractivity contribution in [1.82, 2.24) is 0 Å². The van der Waals surface area contributed by atoms with Gasteiger partial charge in [-0.15, -0.1) is 11.3 Å². The summed E-state index contributed by atoms with van der Waals surface area (Å²) in [6.45, 7) is 3.52. The summed E-state index contributed by atoms with van der Waals surface area (Å²) in [6, 6.07) is 5.23. The minimum absolute atomic E-state index is 0.123. The lowest BCUT2D eigenvalue weighted by atomic mass is 9.98. The van der Waals surface area contributed by atoms with E-state index in [4.69, 9.17) is 18.9 Å². The molecule has 0 aliphatic heterocycles. The molecule has 1 N–H and O–H groups in total. The van der Waals surface area contributed by atoms with Crippen LogP contribution in [0.2, 0.25) is 0 Å². The summed E-state index contributed by atoms with van der Waals surface area (Å²) in [5, 5.41) is 2.96. The Bertz CT molecular complexity index is 1100. The van der Waals surface area contributed by atoms with Gasteiger partial charge in [0, 0.05) is 11.6 Å². The molecule has 1 amide bonds. The Morgan fingerprint density at radius 2 is 1.83 bits per heavy atom. The average molecular weight is 502 g/mol. The second kappa shape index (κ2) is 12.4. The highest BCUT2D eigenvalue weighted by Crippen LogP contribution is 2.35. The van der Waals surface area contributed by atoms with Gasteiger partial charge in [-0.05, 0) is 69.4 Å². The van der Waals surface area contributed by atoms with Crippen LogP contribution in [-0.2, 0) is 14.3 Å². The van der Waals surface area contributed by atoms with Gasteiger partial charge in [0.25, 0.3) is 0 Å². The number of carbonyl (C=O) groups excluding carboxylic acids is 3. The molecule has 1 aromatic carbocycles. The number of rotatable bonds is 9. The summed E-state index contributed by atoms with van der Waals surface area (Å²) in [6.07, 6.45) is 7.65. The molecule has 2 aromatic rings. The Morgan fingerprint density at radius 3 is 2.49 bits per heavy atom. The lowest BCUT2D eigenvalue weighted by molar-refractivity contribution is -0.111. The van der Waals surface area contributed by atoms with Gasteiger partial charge in [-0.2, -0.15) is 0 Å². The van der Waals surface area contributed by atoms with Crippen molar-refractivity contribution in [2.45, 2.75) is 52.1 Å². The van der Waals surface area contributed by atoms with Crippen LogP contribution in [0, 0.1) is 6.92 Å². The maximum absolute atomic E-state index is 12.9. The van der Waals surface area contributed by atoms with Crippen LogP contribution in [0.1, 0.15) is 70.2 Å². The molecule has 1 aliphatic rings. The number of methoxy groups -OCH3 is 2. The third kappa shape index (κ3) is 6.63. The SMILES string of the molecule is CCOC(=O)c1c(NC(=O)/C=C/c2cc(OC)ccc2OC)sc(C(=O)OC2CCCCC2)c1C. The highest BCUT2D eigenvalue weighted by atomic mass is 32.1. The highest BCUT2D eigenvalue weighted by Gasteiger charge is 2.29. The van der Waals surface area contributed by atoms with Gasteiger partial charge in [-0.3, -0.25) is 4.79 Å². The Kier molecular flexibility index (Phi) is 9.31. The third-order valence-electron chi connectivity index (χ3n) is 5.73. The third-order valence-corrected chi connectivity index (χ3v) is 6.91. The van der Waals surface area contributed by atoms with Crippen molar-refractivity contribution in [3.8, 4) is 11.5 Å². The number of anilines is 1. The van der Waals surface area contributed by atoms with E-state index < -0.39 is 17.8 Å². The van der Waals surface area contributed by atoms with Gasteiger partial charge in [0.05, 0.1) is 26.4 Å². The van der Waals surface area contributed by atoms with E-state index >= 15 is 0 Å². The predicted molar refractivity (Wildman–Crippen MR) is 135 cm³/mol. The van der Waals surface area contributed by atoms with Crippen LogP contribution in [-0.4, -0.2) is 44.8 Å². The first kappa shape index (κ1) is 26.3. The van der Waals surface area contributed by atoms with Crippen LogP contribution >= 0.6 is 11.3 Å². The topological polar surface area (TPSA) is 100 Å². The number of carbonyl (C=O) groups is 3. The fourth-order valence-electron chi connectivity index (χ4n) is 3.92. The van der Waals surface area contributed by atoms with E-state index in [2.05, 4.69) is 5.32 Å². The molecule has 1 fully saturated rings. The summed E-state index contributed by atoms with van der Waals surface area (Å²) in [7, 11) is 3.09. The zero-order chi connectivity index (χ0) is 25.4. The van der Waals surface area contributed by atoms with Crippen LogP contribution < -0.4 is 14.8 Å². The Labute approximate surface area is 209 Å². The molecule has 3 rings (SSSR count). The number of esters is 2. The van der Waals surface area contributed by atoms with Gasteiger partial charge in [0.1, 0.15) is 27.5 Å². The Hall–Kier alpha value is -3.33. The quantitative estimate of drug-likeness (QED) is 0.363. The fourth-order valence-corrected chi connectivity index (χ4v) is 5.00. The van der Waals surface area contributed by atoms with Crippen molar-refractivity contribution < 1.29 is 33.3 Å². The first-order valence-corrected chi connectivity index (χ1v) is 12.4. The van der Waals surface area contributed by atoms with Gasteiger partial charge in [0.15, 0.2) is 0 Å². The molecular formula is C26H31NO7S. The molecule has 1 heterocycles. The van der Waals surface area contributed by atoms with Crippen LogP contribution in [0.3, 0.4) is 0 Å². The summed E-state index contributed by atoms with van der Waals surface area (Å²) in [5.74, 6) is -0.380. The van der Waals surface area contributed by atoms with Crippen molar-refractivity contribution in [3.63, 3.8) is 0 Å². The molecule has 9 heteroatoms. The molecule has 1 aromatic heterocycles. The largest absolute Gasteiger partial charge is 0.497 e. The first-order chi connectivity index (χ1) is 16.9. The Balaban J connectivity index is 1.84. The molecule has 1 aliphatic carbocycles. The van der Waals surface area contributed by atoms with Gasteiger partial charge in [-0.25, -0.2) is 9.59 Å². The highest BCUT2D eigenvalue weighted by molar-refractivity contribution is 7.18. The number of ether oxygens (including phenoxy) is 4. The maximum Gasteiger partial charge on any atom is 0.348 e. The molecule has 0 bridgehead atoms. The molecule has 188 valence electrons. The summed E-state index contributed by atoms with van der Waals surface area (Å²) >= 11 is 1.01. The van der Waals surface area contributed by atoms with E-state index in [0.29, 0.717) is 22.6 Å². The van der Waals surface area contributed by atoms with Gasteiger partial charge >= 0.3 is 11.9 Å². The van der Waals surface area contributed by atoms with Crippen molar-refractivity contribution >= 4 is 40.3 Å². The predicted octanol–water partition coefficient (Wildman–Crippen LogP) is 5.39. The molecule has 0 saturated heterocycles.